The van der Waals surface area contributed by atoms with Crippen molar-refractivity contribution in [3.8, 4) is 160 Å². The molecule has 0 bridgehead atoms. The minimum atomic E-state index is 0.305. The lowest BCUT2D eigenvalue weighted by molar-refractivity contribution is 1.06. The van der Waals surface area contributed by atoms with Crippen LogP contribution in [-0.2, 0) is 0 Å². The van der Waals surface area contributed by atoms with E-state index >= 15 is 0 Å². The van der Waals surface area contributed by atoms with E-state index < -0.39 is 0 Å². The Morgan fingerprint density at radius 2 is 0.454 bits per heavy atom. The van der Waals surface area contributed by atoms with E-state index in [1.807, 2.05) is 267 Å². The molecule has 16 nitrogen and oxygen atoms in total. The van der Waals surface area contributed by atoms with E-state index in [9.17, 15) is 10.5 Å². The predicted molar refractivity (Wildman–Crippen MR) is 423 cm³/mol. The third-order valence-electron chi connectivity index (χ3n) is 19.3. The van der Waals surface area contributed by atoms with Crippen LogP contribution in [0.3, 0.4) is 0 Å². The van der Waals surface area contributed by atoms with Gasteiger partial charge >= 0.3 is 0 Å². The summed E-state index contributed by atoms with van der Waals surface area (Å²) in [5.41, 5.74) is 14.7. The molecule has 6 aromatic heterocycles. The van der Waals surface area contributed by atoms with Crippen LogP contribution < -0.4 is 0 Å². The molecule has 0 radical (unpaired) electrons. The molecular weight excluding hydrogens is 1330 g/mol. The highest BCUT2D eigenvalue weighted by Gasteiger charge is 2.27. The van der Waals surface area contributed by atoms with Crippen LogP contribution in [0.25, 0.3) is 191 Å². The van der Waals surface area contributed by atoms with E-state index in [2.05, 4.69) is 74.8 Å². The maximum atomic E-state index is 12.7. The lowest BCUT2D eigenvalue weighted by Gasteiger charge is -2.19. The van der Waals surface area contributed by atoms with Crippen LogP contribution in [-0.4, -0.2) is 68.9 Å². The average molecular weight is 1380 g/mol. The lowest BCUT2D eigenvalue weighted by Crippen LogP contribution is -2.06. The molecule has 19 rings (SSSR count). The van der Waals surface area contributed by atoms with Crippen molar-refractivity contribution in [1.29, 1.82) is 10.5 Å². The molecule has 0 aliphatic heterocycles. The molecule has 0 aliphatic rings. The minimum absolute atomic E-state index is 0.305. The fourth-order valence-electron chi connectivity index (χ4n) is 14.1. The topological polar surface area (TPSA) is 212 Å². The summed E-state index contributed by atoms with van der Waals surface area (Å²) in [5, 5.41) is 26.9. The predicted octanol–water partition coefficient (Wildman–Crippen LogP) is 20.4. The quantitative estimate of drug-likeness (QED) is 0.0991. The third kappa shape index (κ3) is 11.7. The standard InChI is InChI=1S/C92H54N16/c93-54-57-23-22-38-65(47-57)70-52-80(107-76-48-66(83-96-56-95-82(97-83)58-24-8-1-9-25-58)39-43-71(76)72-44-40-67(49-77(72)107)90-101-84(59-26-10-2-11-27-59)98-85(102-90)60-28-12-3-13-29-60)75(55-94)81(53-70)108-78-50-68(91-103-86(61-30-14-4-15-31-61)99-87(104-91)62-32-16-5-17-33-62)41-45-73(78)74-46-42-69(51-79(74)108)92-105-88(63-34-18-6-19-35-63)100-89(106-92)64-36-20-7-21-37-64/h1-53,56H. The van der Waals surface area contributed by atoms with Gasteiger partial charge < -0.3 is 9.13 Å². The second-order valence-corrected chi connectivity index (χ2v) is 25.9. The maximum absolute atomic E-state index is 12.7. The van der Waals surface area contributed by atoms with Gasteiger partial charge in [-0.2, -0.15) is 10.5 Å². The number of aromatic nitrogens is 14. The fourth-order valence-corrected chi connectivity index (χ4v) is 14.1. The van der Waals surface area contributed by atoms with Gasteiger partial charge in [-0.1, -0.05) is 273 Å². The monoisotopic (exact) mass is 1380 g/mol. The summed E-state index contributed by atoms with van der Waals surface area (Å²) in [7, 11) is 0. The van der Waals surface area contributed by atoms with E-state index in [4.69, 9.17) is 54.8 Å². The number of rotatable bonds is 14. The molecule has 0 amide bonds. The fraction of sp³-hybridized carbons (Fsp3) is 0. The van der Waals surface area contributed by atoms with Crippen LogP contribution >= 0.6 is 0 Å². The third-order valence-corrected chi connectivity index (χ3v) is 19.3. The zero-order chi connectivity index (χ0) is 72.0. The smallest absolute Gasteiger partial charge is 0.164 e. The second kappa shape index (κ2) is 27.0. The summed E-state index contributed by atoms with van der Waals surface area (Å²) >= 11 is 0. The van der Waals surface area contributed by atoms with E-state index in [0.717, 1.165) is 88.1 Å². The Morgan fingerprint density at radius 3 is 0.741 bits per heavy atom. The number of benzene rings is 13. The Kier molecular flexibility index (Phi) is 15.9. The first kappa shape index (κ1) is 63.4. The highest BCUT2D eigenvalue weighted by Crippen LogP contribution is 2.44. The Labute approximate surface area is 618 Å². The van der Waals surface area contributed by atoms with E-state index in [1.54, 1.807) is 6.07 Å². The summed E-state index contributed by atoms with van der Waals surface area (Å²) in [6.45, 7) is 0. The van der Waals surface area contributed by atoms with Crippen molar-refractivity contribution < 1.29 is 0 Å². The summed E-state index contributed by atoms with van der Waals surface area (Å²) in [6.07, 6.45) is 1.54. The molecule has 0 spiro atoms. The number of hydrogen-bond acceptors (Lipinski definition) is 14. The van der Waals surface area contributed by atoms with Crippen LogP contribution in [0.15, 0.2) is 328 Å². The Balaban J connectivity index is 0.917. The van der Waals surface area contributed by atoms with Gasteiger partial charge in [0.15, 0.2) is 64.1 Å². The van der Waals surface area contributed by atoms with Crippen molar-refractivity contribution in [2.24, 2.45) is 0 Å². The van der Waals surface area contributed by atoms with Gasteiger partial charge in [0.1, 0.15) is 18.0 Å². The van der Waals surface area contributed by atoms with Crippen molar-refractivity contribution in [3.05, 3.63) is 339 Å². The van der Waals surface area contributed by atoms with Crippen LogP contribution in [0.1, 0.15) is 11.1 Å². The van der Waals surface area contributed by atoms with Crippen molar-refractivity contribution in [3.63, 3.8) is 0 Å². The molecular formula is C92H54N16. The Hall–Kier alpha value is -15.5. The van der Waals surface area contributed by atoms with Crippen molar-refractivity contribution >= 4 is 43.6 Å². The normalized spacial score (nSPS) is 11.3. The van der Waals surface area contributed by atoms with Crippen molar-refractivity contribution in [2.45, 2.75) is 0 Å². The van der Waals surface area contributed by atoms with Gasteiger partial charge in [0.25, 0.3) is 0 Å². The van der Waals surface area contributed by atoms with E-state index in [1.165, 1.54) is 6.33 Å². The lowest BCUT2D eigenvalue weighted by atomic mass is 9.98. The Morgan fingerprint density at radius 1 is 0.204 bits per heavy atom. The van der Waals surface area contributed by atoms with Crippen LogP contribution in [0.5, 0.6) is 0 Å². The molecule has 0 aliphatic carbocycles. The average Bonchev–Trinajstić information content (AvgIpc) is 1.59. The molecule has 0 fully saturated rings. The zero-order valence-electron chi connectivity index (χ0n) is 57.3. The summed E-state index contributed by atoms with van der Waals surface area (Å²) in [6, 6.07) is 111. The minimum Gasteiger partial charge on any atom is -0.308 e. The van der Waals surface area contributed by atoms with E-state index in [0.29, 0.717) is 114 Å². The molecule has 0 N–H and O–H groups in total. The molecule has 6 heterocycles. The van der Waals surface area contributed by atoms with Gasteiger partial charge in [-0.25, -0.2) is 59.8 Å². The summed E-state index contributed by atoms with van der Waals surface area (Å²) in [5.74, 6) is 5.31. The van der Waals surface area contributed by atoms with Gasteiger partial charge in [0.2, 0.25) is 0 Å². The van der Waals surface area contributed by atoms with Gasteiger partial charge in [0, 0.05) is 82.7 Å². The molecule has 13 aromatic carbocycles. The van der Waals surface area contributed by atoms with Crippen LogP contribution in [0.2, 0.25) is 0 Å². The number of hydrogen-bond donors (Lipinski definition) is 0. The molecule has 19 aromatic rings. The van der Waals surface area contributed by atoms with Crippen LogP contribution in [0, 0.1) is 22.7 Å². The number of fused-ring (bicyclic) bond motifs is 6. The Bertz CT molecular complexity index is 6450. The van der Waals surface area contributed by atoms with Crippen molar-refractivity contribution in [1.82, 2.24) is 68.9 Å². The van der Waals surface area contributed by atoms with Gasteiger partial charge in [-0.05, 0) is 59.7 Å². The molecule has 0 saturated carbocycles. The van der Waals surface area contributed by atoms with Gasteiger partial charge in [-0.3, -0.25) is 0 Å². The molecule has 502 valence electrons. The van der Waals surface area contributed by atoms with Crippen molar-refractivity contribution in [2.75, 3.05) is 0 Å². The number of nitriles is 2. The molecule has 0 unspecified atom stereocenters. The summed E-state index contributed by atoms with van der Waals surface area (Å²) < 4.78 is 4.31. The van der Waals surface area contributed by atoms with Crippen LogP contribution in [0.4, 0.5) is 0 Å². The highest BCUT2D eigenvalue weighted by atomic mass is 15.1. The first-order valence-electron chi connectivity index (χ1n) is 35.0. The van der Waals surface area contributed by atoms with Gasteiger partial charge in [0.05, 0.1) is 45.1 Å². The van der Waals surface area contributed by atoms with E-state index in [-0.39, 0.29) is 0 Å². The SMILES string of the molecule is N#Cc1cccc(-c2cc(-n3c4cc(-c5ncnc(-c6ccccc6)n5)ccc4c4ccc(-c5nc(-c6ccccc6)nc(-c6ccccc6)n5)cc43)c(C#N)c(-n3c4cc(-c5nc(-c6ccccc6)nc(-c6ccccc6)n5)ccc4c4ccc(-c5nc(-c6ccccc6)nc(-c6ccccc6)n5)cc43)c2)c1. The second-order valence-electron chi connectivity index (χ2n) is 25.9. The maximum Gasteiger partial charge on any atom is 0.164 e. The number of nitrogens with zero attached hydrogens (tertiary/aromatic N) is 16. The molecule has 0 atom stereocenters. The molecule has 16 heteroatoms. The summed E-state index contributed by atoms with van der Waals surface area (Å²) in [4.78, 5) is 61.2. The molecule has 0 saturated heterocycles. The zero-order valence-corrected chi connectivity index (χ0v) is 57.3. The first-order chi connectivity index (χ1) is 53.4. The highest BCUT2D eigenvalue weighted by molar-refractivity contribution is 6.13. The largest absolute Gasteiger partial charge is 0.308 e. The molecule has 108 heavy (non-hydrogen) atoms. The van der Waals surface area contributed by atoms with Gasteiger partial charge in [-0.15, -0.1) is 0 Å². The first-order valence-corrected chi connectivity index (χ1v) is 35.0.